The summed E-state index contributed by atoms with van der Waals surface area (Å²) in [6, 6.07) is 5.48. The lowest BCUT2D eigenvalue weighted by molar-refractivity contribution is 0.206. The van der Waals surface area contributed by atoms with Gasteiger partial charge in [0.15, 0.2) is 0 Å². The molecule has 1 atom stereocenters. The van der Waals surface area contributed by atoms with Gasteiger partial charge in [-0.1, -0.05) is 12.1 Å². The van der Waals surface area contributed by atoms with Crippen LogP contribution in [0.1, 0.15) is 17.5 Å². The van der Waals surface area contributed by atoms with Crippen LogP contribution in [-0.4, -0.2) is 41.9 Å². The minimum Gasteiger partial charge on any atom is -0.472 e. The molecule has 2 aromatic rings. The molecule has 0 aliphatic carbocycles. The first-order valence-electron chi connectivity index (χ1n) is 7.47. The van der Waals surface area contributed by atoms with Crippen molar-refractivity contribution in [2.45, 2.75) is 31.3 Å². The summed E-state index contributed by atoms with van der Waals surface area (Å²) >= 11 is 0. The molecule has 122 valence electrons. The summed E-state index contributed by atoms with van der Waals surface area (Å²) < 4.78 is 32.9. The van der Waals surface area contributed by atoms with E-state index in [0.29, 0.717) is 30.3 Å². The fraction of sp³-hybridized carbons (Fsp3) is 0.375. The summed E-state index contributed by atoms with van der Waals surface area (Å²) in [4.78, 5) is 8.38. The summed E-state index contributed by atoms with van der Waals surface area (Å²) in [6.45, 7) is 4.48. The third-order valence-corrected chi connectivity index (χ3v) is 5.90. The number of sulfonamides is 1. The minimum absolute atomic E-state index is 0.202. The molecule has 0 radical (unpaired) electrons. The van der Waals surface area contributed by atoms with Gasteiger partial charge in [0.2, 0.25) is 15.9 Å². The van der Waals surface area contributed by atoms with Crippen LogP contribution < -0.4 is 4.74 Å². The number of nitrogens with zero attached hydrogens (tertiary/aromatic N) is 3. The number of rotatable bonds is 4. The van der Waals surface area contributed by atoms with Crippen molar-refractivity contribution in [2.75, 3.05) is 13.1 Å². The zero-order valence-corrected chi connectivity index (χ0v) is 14.0. The van der Waals surface area contributed by atoms with E-state index >= 15 is 0 Å². The topological polar surface area (TPSA) is 72.4 Å². The third-order valence-electron chi connectivity index (χ3n) is 3.90. The molecule has 0 N–H and O–H groups in total. The van der Waals surface area contributed by atoms with E-state index in [1.165, 1.54) is 10.5 Å². The Morgan fingerprint density at radius 2 is 2.09 bits per heavy atom. The number of benzene rings is 1. The number of hydrogen-bond donors (Lipinski definition) is 0. The van der Waals surface area contributed by atoms with E-state index in [-0.39, 0.29) is 6.10 Å². The van der Waals surface area contributed by atoms with Gasteiger partial charge in [-0.3, -0.25) is 4.98 Å². The molecule has 0 saturated carbocycles. The molecule has 1 aliphatic rings. The molecule has 1 aromatic heterocycles. The van der Waals surface area contributed by atoms with Gasteiger partial charge in [-0.15, -0.1) is 0 Å². The number of aromatic nitrogens is 2. The van der Waals surface area contributed by atoms with E-state index in [0.717, 1.165) is 11.1 Å². The predicted molar refractivity (Wildman–Crippen MR) is 85.7 cm³/mol. The van der Waals surface area contributed by atoms with Crippen molar-refractivity contribution < 1.29 is 13.2 Å². The highest BCUT2D eigenvalue weighted by atomic mass is 32.2. The highest BCUT2D eigenvalue weighted by Gasteiger charge is 2.34. The van der Waals surface area contributed by atoms with Crippen molar-refractivity contribution in [3.63, 3.8) is 0 Å². The summed E-state index contributed by atoms with van der Waals surface area (Å²) in [6.07, 6.45) is 5.09. The Hall–Kier alpha value is -1.99. The Morgan fingerprint density at radius 1 is 1.26 bits per heavy atom. The van der Waals surface area contributed by atoms with E-state index in [1.54, 1.807) is 18.5 Å². The van der Waals surface area contributed by atoms with E-state index in [2.05, 4.69) is 9.97 Å². The maximum Gasteiger partial charge on any atom is 0.243 e. The molecule has 1 aliphatic heterocycles. The lowest BCUT2D eigenvalue weighted by Crippen LogP contribution is -2.31. The summed E-state index contributed by atoms with van der Waals surface area (Å²) in [5, 5.41) is 0. The van der Waals surface area contributed by atoms with E-state index in [1.807, 2.05) is 26.0 Å². The lowest BCUT2D eigenvalue weighted by atomic mass is 10.2. The molecule has 0 spiro atoms. The molecule has 0 bridgehead atoms. The van der Waals surface area contributed by atoms with Crippen LogP contribution >= 0.6 is 0 Å². The second-order valence-corrected chi connectivity index (χ2v) is 7.61. The van der Waals surface area contributed by atoms with Gasteiger partial charge >= 0.3 is 0 Å². The number of aryl methyl sites for hydroxylation is 2. The maximum absolute atomic E-state index is 12.8. The van der Waals surface area contributed by atoms with Crippen molar-refractivity contribution in [2.24, 2.45) is 0 Å². The molecule has 6 nitrogen and oxygen atoms in total. The smallest absolute Gasteiger partial charge is 0.243 e. The minimum atomic E-state index is -3.50. The lowest BCUT2D eigenvalue weighted by Gasteiger charge is -2.18. The molecule has 2 heterocycles. The van der Waals surface area contributed by atoms with Gasteiger partial charge in [-0.25, -0.2) is 13.4 Å². The Morgan fingerprint density at radius 3 is 2.83 bits per heavy atom. The van der Waals surface area contributed by atoms with Crippen LogP contribution in [0.3, 0.4) is 0 Å². The Kier molecular flexibility index (Phi) is 4.32. The summed E-state index contributed by atoms with van der Waals surface area (Å²) in [5.74, 6) is 0.420. The van der Waals surface area contributed by atoms with Crippen LogP contribution in [0.2, 0.25) is 0 Å². The van der Waals surface area contributed by atoms with Crippen LogP contribution in [0.5, 0.6) is 5.88 Å². The Labute approximate surface area is 136 Å². The Bertz CT molecular complexity index is 793. The van der Waals surface area contributed by atoms with Crippen molar-refractivity contribution in [3.8, 4) is 5.88 Å². The molecule has 1 fully saturated rings. The van der Waals surface area contributed by atoms with Crippen LogP contribution in [0.4, 0.5) is 0 Å². The van der Waals surface area contributed by atoms with E-state index in [4.69, 9.17) is 4.74 Å². The van der Waals surface area contributed by atoms with Gasteiger partial charge in [0.05, 0.1) is 17.6 Å². The average Bonchev–Trinajstić information content (AvgIpc) is 3.00. The zero-order valence-electron chi connectivity index (χ0n) is 13.1. The second-order valence-electron chi connectivity index (χ2n) is 5.70. The molecule has 1 saturated heterocycles. The third kappa shape index (κ3) is 3.35. The Balaban J connectivity index is 1.76. The molecule has 7 heteroatoms. The quantitative estimate of drug-likeness (QED) is 0.855. The average molecular weight is 333 g/mol. The van der Waals surface area contributed by atoms with Crippen molar-refractivity contribution in [1.82, 2.24) is 14.3 Å². The highest BCUT2D eigenvalue weighted by molar-refractivity contribution is 7.89. The SMILES string of the molecule is Cc1ccc(C)c(S(=O)(=O)N2CCC(Oc3cnccn3)C2)c1. The largest absolute Gasteiger partial charge is 0.472 e. The van der Waals surface area contributed by atoms with E-state index in [9.17, 15) is 8.42 Å². The van der Waals surface area contributed by atoms with Gasteiger partial charge in [0, 0.05) is 18.9 Å². The van der Waals surface area contributed by atoms with Crippen LogP contribution in [-0.2, 0) is 10.0 Å². The molecule has 23 heavy (non-hydrogen) atoms. The number of ether oxygens (including phenoxy) is 1. The van der Waals surface area contributed by atoms with Crippen molar-refractivity contribution in [1.29, 1.82) is 0 Å². The standard InChI is InChI=1S/C16H19N3O3S/c1-12-3-4-13(2)15(9-12)23(20,21)19-8-5-14(11-19)22-16-10-17-6-7-18-16/h3-4,6-7,9-10,14H,5,8,11H2,1-2H3. The molecule has 1 aromatic carbocycles. The predicted octanol–water partition coefficient (Wildman–Crippen LogP) is 1.94. The molecular weight excluding hydrogens is 314 g/mol. The first-order chi connectivity index (χ1) is 11.0. The first kappa shape index (κ1) is 15.9. The van der Waals surface area contributed by atoms with Gasteiger partial charge < -0.3 is 4.74 Å². The van der Waals surface area contributed by atoms with Crippen molar-refractivity contribution >= 4 is 10.0 Å². The number of hydrogen-bond acceptors (Lipinski definition) is 5. The van der Waals surface area contributed by atoms with Crippen LogP contribution in [0.25, 0.3) is 0 Å². The van der Waals surface area contributed by atoms with Crippen LogP contribution in [0, 0.1) is 13.8 Å². The van der Waals surface area contributed by atoms with Gasteiger partial charge in [0.25, 0.3) is 0 Å². The summed E-state index contributed by atoms with van der Waals surface area (Å²) in [5.41, 5.74) is 1.69. The molecule has 0 amide bonds. The fourth-order valence-electron chi connectivity index (χ4n) is 2.65. The molecule has 3 rings (SSSR count). The van der Waals surface area contributed by atoms with Gasteiger partial charge in [-0.05, 0) is 37.5 Å². The normalized spacial score (nSPS) is 19.0. The first-order valence-corrected chi connectivity index (χ1v) is 8.91. The fourth-order valence-corrected chi connectivity index (χ4v) is 4.45. The van der Waals surface area contributed by atoms with Gasteiger partial charge in [-0.2, -0.15) is 4.31 Å². The van der Waals surface area contributed by atoms with E-state index < -0.39 is 10.0 Å². The highest BCUT2D eigenvalue weighted by Crippen LogP contribution is 2.26. The van der Waals surface area contributed by atoms with Gasteiger partial charge in [0.1, 0.15) is 6.10 Å². The zero-order chi connectivity index (χ0) is 16.4. The molecule has 1 unspecified atom stereocenters. The maximum atomic E-state index is 12.8. The summed E-state index contributed by atoms with van der Waals surface area (Å²) in [7, 11) is -3.50. The van der Waals surface area contributed by atoms with Crippen molar-refractivity contribution in [3.05, 3.63) is 47.9 Å². The second kappa shape index (κ2) is 6.25. The monoisotopic (exact) mass is 333 g/mol. The molecular formula is C16H19N3O3S. The van der Waals surface area contributed by atoms with Crippen LogP contribution in [0.15, 0.2) is 41.7 Å².